The van der Waals surface area contributed by atoms with Gasteiger partial charge in [-0.1, -0.05) is 24.3 Å². The molecular weight excluding hydrogens is 383 g/mol. The fraction of sp³-hybridized carbons (Fsp3) is 0.0870. The molecule has 0 amide bonds. The molecule has 0 atom stereocenters. The summed E-state index contributed by atoms with van der Waals surface area (Å²) in [6.07, 6.45) is 1.58. The second kappa shape index (κ2) is 7.20. The van der Waals surface area contributed by atoms with E-state index in [1.54, 1.807) is 35.2 Å². The largest absolute Gasteiger partial charge is 0.436 e. The van der Waals surface area contributed by atoms with Crippen molar-refractivity contribution < 1.29 is 13.9 Å². The van der Waals surface area contributed by atoms with Crippen molar-refractivity contribution in [1.82, 2.24) is 19.7 Å². The molecule has 0 saturated carbocycles. The van der Waals surface area contributed by atoms with E-state index in [1.165, 1.54) is 12.1 Å². The molecule has 5 aromatic rings. The molecular formula is C23H17FN4O2. The van der Waals surface area contributed by atoms with Crippen LogP contribution in [0.2, 0.25) is 0 Å². The molecule has 2 aromatic heterocycles. The van der Waals surface area contributed by atoms with Crippen LogP contribution in [0.15, 0.2) is 71.4 Å². The average molecular weight is 400 g/mol. The van der Waals surface area contributed by atoms with Gasteiger partial charge in [-0.2, -0.15) is 0 Å². The molecule has 0 aliphatic rings. The van der Waals surface area contributed by atoms with Crippen molar-refractivity contribution >= 4 is 11.1 Å². The highest BCUT2D eigenvalue weighted by Gasteiger charge is 2.15. The maximum atomic E-state index is 14.0. The Morgan fingerprint density at radius 1 is 1.00 bits per heavy atom. The molecule has 3 aromatic carbocycles. The predicted molar refractivity (Wildman–Crippen MR) is 111 cm³/mol. The Bertz CT molecular complexity index is 1370. The molecule has 6 nitrogen and oxygen atoms in total. The van der Waals surface area contributed by atoms with Gasteiger partial charge in [-0.3, -0.25) is 0 Å². The molecule has 0 aliphatic heterocycles. The number of hydrogen-bond donors (Lipinski definition) is 1. The molecule has 0 radical (unpaired) electrons. The van der Waals surface area contributed by atoms with E-state index in [1.807, 2.05) is 31.3 Å². The smallest absolute Gasteiger partial charge is 0.227 e. The van der Waals surface area contributed by atoms with E-state index in [9.17, 15) is 9.50 Å². The molecule has 148 valence electrons. The molecule has 0 fully saturated rings. The summed E-state index contributed by atoms with van der Waals surface area (Å²) in [7, 11) is 1.82. The highest BCUT2D eigenvalue weighted by Crippen LogP contribution is 2.34. The monoisotopic (exact) mass is 400 g/mol. The number of oxazole rings is 1. The first-order valence-electron chi connectivity index (χ1n) is 9.37. The lowest BCUT2D eigenvalue weighted by atomic mass is 9.97. The van der Waals surface area contributed by atoms with Crippen LogP contribution in [-0.2, 0) is 13.7 Å². The molecule has 2 heterocycles. The first kappa shape index (κ1) is 18.2. The van der Waals surface area contributed by atoms with Gasteiger partial charge < -0.3 is 14.1 Å². The summed E-state index contributed by atoms with van der Waals surface area (Å²) in [4.78, 5) is 4.56. The van der Waals surface area contributed by atoms with E-state index in [0.717, 1.165) is 22.3 Å². The van der Waals surface area contributed by atoms with Crippen LogP contribution in [0.1, 0.15) is 5.56 Å². The number of halogens is 1. The van der Waals surface area contributed by atoms with Crippen molar-refractivity contribution in [3.05, 3.63) is 78.4 Å². The normalized spacial score (nSPS) is 11.3. The van der Waals surface area contributed by atoms with Gasteiger partial charge in [0.25, 0.3) is 0 Å². The summed E-state index contributed by atoms with van der Waals surface area (Å²) in [5.74, 6) is 0.712. The molecule has 0 aliphatic carbocycles. The van der Waals surface area contributed by atoms with E-state index < -0.39 is 0 Å². The Kier molecular flexibility index (Phi) is 4.37. The Labute approximate surface area is 171 Å². The Hall–Kier alpha value is -3.84. The third-order valence-corrected chi connectivity index (χ3v) is 4.99. The fourth-order valence-corrected chi connectivity index (χ4v) is 3.49. The van der Waals surface area contributed by atoms with Gasteiger partial charge in [-0.15, -0.1) is 10.2 Å². The average Bonchev–Trinajstić information content (AvgIpc) is 3.39. The van der Waals surface area contributed by atoms with Crippen molar-refractivity contribution in [3.8, 4) is 34.0 Å². The number of nitrogens with zero attached hydrogens (tertiary/aromatic N) is 4. The van der Waals surface area contributed by atoms with E-state index in [2.05, 4.69) is 15.2 Å². The maximum Gasteiger partial charge on any atom is 0.227 e. The van der Waals surface area contributed by atoms with Gasteiger partial charge >= 0.3 is 0 Å². The van der Waals surface area contributed by atoms with E-state index >= 15 is 0 Å². The van der Waals surface area contributed by atoms with Crippen LogP contribution in [0.25, 0.3) is 45.1 Å². The highest BCUT2D eigenvalue weighted by atomic mass is 19.1. The summed E-state index contributed by atoms with van der Waals surface area (Å²) in [6, 6.07) is 17.7. The highest BCUT2D eigenvalue weighted by molar-refractivity contribution is 5.83. The van der Waals surface area contributed by atoms with Gasteiger partial charge in [-0.05, 0) is 53.1 Å². The van der Waals surface area contributed by atoms with Crippen molar-refractivity contribution in [2.75, 3.05) is 0 Å². The summed E-state index contributed by atoms with van der Waals surface area (Å²) in [6.45, 7) is -0.0526. The van der Waals surface area contributed by atoms with Gasteiger partial charge in [-0.25, -0.2) is 9.37 Å². The number of aromatic nitrogens is 4. The summed E-state index contributed by atoms with van der Waals surface area (Å²) >= 11 is 0. The summed E-state index contributed by atoms with van der Waals surface area (Å²) < 4.78 is 21.7. The summed E-state index contributed by atoms with van der Waals surface area (Å²) in [5.41, 5.74) is 5.25. The number of benzene rings is 3. The van der Waals surface area contributed by atoms with Crippen LogP contribution < -0.4 is 0 Å². The number of rotatable bonds is 4. The van der Waals surface area contributed by atoms with Crippen LogP contribution in [-0.4, -0.2) is 24.9 Å². The van der Waals surface area contributed by atoms with Crippen molar-refractivity contribution in [1.29, 1.82) is 0 Å². The molecule has 1 N–H and O–H groups in total. The first-order valence-corrected chi connectivity index (χ1v) is 9.37. The Morgan fingerprint density at radius 3 is 2.67 bits per heavy atom. The molecule has 0 bridgehead atoms. The zero-order chi connectivity index (χ0) is 20.7. The van der Waals surface area contributed by atoms with Gasteiger partial charge in [0.15, 0.2) is 11.4 Å². The molecule has 7 heteroatoms. The van der Waals surface area contributed by atoms with Crippen LogP contribution >= 0.6 is 0 Å². The third-order valence-electron chi connectivity index (χ3n) is 4.99. The number of aliphatic hydroxyl groups excluding tert-OH is 1. The van der Waals surface area contributed by atoms with Gasteiger partial charge in [0.05, 0.1) is 6.61 Å². The molecule has 0 unspecified atom stereocenters. The molecule has 0 spiro atoms. The minimum atomic E-state index is -0.341. The van der Waals surface area contributed by atoms with Gasteiger partial charge in [0.1, 0.15) is 17.7 Å². The second-order valence-corrected chi connectivity index (χ2v) is 7.02. The zero-order valence-electron chi connectivity index (χ0n) is 16.1. The van der Waals surface area contributed by atoms with Crippen molar-refractivity contribution in [2.45, 2.75) is 6.61 Å². The predicted octanol–water partition coefficient (Wildman–Crippen LogP) is 4.59. The quantitative estimate of drug-likeness (QED) is 0.478. The number of aliphatic hydroxyl groups is 1. The Balaban J connectivity index is 1.62. The molecule has 30 heavy (non-hydrogen) atoms. The standard InChI is InChI=1S/C23H17FN4O2/c1-28-13-25-27-22(28)19-11-17(24)6-7-18(19)15-3-2-4-16(10-15)23-26-20-9-14(12-29)5-8-21(20)30-23/h2-11,13,29H,12H2,1H3. The van der Waals surface area contributed by atoms with Crippen LogP contribution in [0.4, 0.5) is 4.39 Å². The van der Waals surface area contributed by atoms with Gasteiger partial charge in [0.2, 0.25) is 5.89 Å². The fourth-order valence-electron chi connectivity index (χ4n) is 3.49. The van der Waals surface area contributed by atoms with Gasteiger partial charge in [0, 0.05) is 18.2 Å². The van der Waals surface area contributed by atoms with Crippen LogP contribution in [0.5, 0.6) is 0 Å². The maximum absolute atomic E-state index is 14.0. The van der Waals surface area contributed by atoms with Crippen molar-refractivity contribution in [3.63, 3.8) is 0 Å². The lowest BCUT2D eigenvalue weighted by molar-refractivity contribution is 0.282. The summed E-state index contributed by atoms with van der Waals surface area (Å²) in [5, 5.41) is 17.4. The number of hydrogen-bond acceptors (Lipinski definition) is 5. The number of fused-ring (bicyclic) bond motifs is 1. The third kappa shape index (κ3) is 3.15. The van der Waals surface area contributed by atoms with E-state index in [-0.39, 0.29) is 12.4 Å². The first-order chi connectivity index (χ1) is 14.6. The molecule has 0 saturated heterocycles. The van der Waals surface area contributed by atoms with E-state index in [4.69, 9.17) is 4.42 Å². The van der Waals surface area contributed by atoms with Crippen LogP contribution in [0.3, 0.4) is 0 Å². The van der Waals surface area contributed by atoms with E-state index in [0.29, 0.717) is 28.4 Å². The lowest BCUT2D eigenvalue weighted by Crippen LogP contribution is -1.95. The minimum Gasteiger partial charge on any atom is -0.436 e. The lowest BCUT2D eigenvalue weighted by Gasteiger charge is -2.10. The zero-order valence-corrected chi connectivity index (χ0v) is 16.1. The molecule has 5 rings (SSSR count). The topological polar surface area (TPSA) is 77.0 Å². The van der Waals surface area contributed by atoms with Crippen LogP contribution in [0, 0.1) is 5.82 Å². The second-order valence-electron chi connectivity index (χ2n) is 7.02. The number of aryl methyl sites for hydroxylation is 1. The van der Waals surface area contributed by atoms with Crippen molar-refractivity contribution in [2.24, 2.45) is 7.05 Å². The Morgan fingerprint density at radius 2 is 1.87 bits per heavy atom. The minimum absolute atomic E-state index is 0.0526. The SMILES string of the molecule is Cn1cnnc1-c1cc(F)ccc1-c1cccc(-c2nc3cc(CO)ccc3o2)c1.